The maximum absolute atomic E-state index is 13.4. The molecular formula is C26H34ClN5O3. The zero-order valence-corrected chi connectivity index (χ0v) is 21.6. The minimum absolute atomic E-state index is 0.00813. The summed E-state index contributed by atoms with van der Waals surface area (Å²) in [7, 11) is 0. The van der Waals surface area contributed by atoms with Crippen LogP contribution in [0, 0.1) is 6.92 Å². The maximum Gasteiger partial charge on any atom is 0.274 e. The highest BCUT2D eigenvalue weighted by Crippen LogP contribution is 2.29. The van der Waals surface area contributed by atoms with E-state index in [9.17, 15) is 9.59 Å². The van der Waals surface area contributed by atoms with Gasteiger partial charge in [-0.05, 0) is 57.7 Å². The Labute approximate surface area is 211 Å². The van der Waals surface area contributed by atoms with Gasteiger partial charge in [0.1, 0.15) is 6.54 Å². The molecule has 0 bridgehead atoms. The zero-order valence-electron chi connectivity index (χ0n) is 20.8. The highest BCUT2D eigenvalue weighted by atomic mass is 35.5. The van der Waals surface area contributed by atoms with E-state index in [1.165, 1.54) is 0 Å². The summed E-state index contributed by atoms with van der Waals surface area (Å²) in [5, 5.41) is 5.45. The Morgan fingerprint density at radius 1 is 1.06 bits per heavy atom. The number of nitrogens with zero attached hydrogens (tertiary/aromatic N) is 5. The molecule has 3 aliphatic rings. The Kier molecular flexibility index (Phi) is 6.77. The smallest absolute Gasteiger partial charge is 0.274 e. The number of ether oxygens (including phenoxy) is 1. The van der Waals surface area contributed by atoms with Crippen LogP contribution in [0.25, 0.3) is 0 Å². The van der Waals surface area contributed by atoms with Gasteiger partial charge in [0.2, 0.25) is 5.91 Å². The van der Waals surface area contributed by atoms with E-state index < -0.39 is 0 Å². The van der Waals surface area contributed by atoms with Gasteiger partial charge in [0.05, 0.1) is 12.2 Å². The first-order valence-corrected chi connectivity index (χ1v) is 13.0. The third-order valence-corrected chi connectivity index (χ3v) is 7.82. The summed E-state index contributed by atoms with van der Waals surface area (Å²) >= 11 is 6.30. The van der Waals surface area contributed by atoms with Crippen LogP contribution in [0.3, 0.4) is 0 Å². The van der Waals surface area contributed by atoms with Gasteiger partial charge in [-0.2, -0.15) is 5.10 Å². The molecule has 3 heterocycles. The number of anilines is 1. The van der Waals surface area contributed by atoms with E-state index in [0.29, 0.717) is 31.9 Å². The summed E-state index contributed by atoms with van der Waals surface area (Å²) in [5.74, 6) is 0.0131. The van der Waals surface area contributed by atoms with Crippen molar-refractivity contribution in [1.29, 1.82) is 0 Å². The normalized spacial score (nSPS) is 22.5. The van der Waals surface area contributed by atoms with Crippen LogP contribution in [0.2, 0.25) is 5.02 Å². The summed E-state index contributed by atoms with van der Waals surface area (Å²) in [4.78, 5) is 32.6. The average Bonchev–Trinajstić information content (AvgIpc) is 3.44. The van der Waals surface area contributed by atoms with Crippen molar-refractivity contribution in [2.75, 3.05) is 44.2 Å². The Morgan fingerprint density at radius 2 is 1.77 bits per heavy atom. The number of fused-ring (bicyclic) bond motifs is 1. The Hall–Kier alpha value is -2.58. The number of benzene rings is 1. The van der Waals surface area contributed by atoms with Crippen LogP contribution in [-0.4, -0.2) is 82.9 Å². The van der Waals surface area contributed by atoms with Crippen molar-refractivity contribution in [3.8, 4) is 0 Å². The second-order valence-corrected chi connectivity index (χ2v) is 10.4. The van der Waals surface area contributed by atoms with Crippen LogP contribution in [0.4, 0.5) is 5.69 Å². The Balaban J connectivity index is 1.26. The van der Waals surface area contributed by atoms with E-state index in [-0.39, 0.29) is 30.6 Å². The number of amides is 2. The van der Waals surface area contributed by atoms with E-state index in [0.717, 1.165) is 59.9 Å². The van der Waals surface area contributed by atoms with Crippen molar-refractivity contribution in [2.24, 2.45) is 0 Å². The number of halogens is 1. The second-order valence-electron chi connectivity index (χ2n) is 10.0. The quantitative estimate of drug-likeness (QED) is 0.647. The van der Waals surface area contributed by atoms with Gasteiger partial charge in [-0.3, -0.25) is 14.3 Å². The predicted molar refractivity (Wildman–Crippen MR) is 135 cm³/mol. The van der Waals surface area contributed by atoms with Crippen LogP contribution in [0.5, 0.6) is 0 Å². The molecule has 1 aromatic carbocycles. The van der Waals surface area contributed by atoms with Gasteiger partial charge in [0.15, 0.2) is 5.69 Å². The molecule has 2 atom stereocenters. The largest absolute Gasteiger partial charge is 0.372 e. The Morgan fingerprint density at radius 3 is 2.49 bits per heavy atom. The lowest BCUT2D eigenvalue weighted by molar-refractivity contribution is -0.132. The van der Waals surface area contributed by atoms with E-state index in [1.807, 2.05) is 42.7 Å². The zero-order chi connectivity index (χ0) is 24.7. The summed E-state index contributed by atoms with van der Waals surface area (Å²) in [6.07, 6.45) is 2.72. The van der Waals surface area contributed by atoms with Crippen LogP contribution >= 0.6 is 11.6 Å². The fourth-order valence-electron chi connectivity index (χ4n) is 5.67. The van der Waals surface area contributed by atoms with Crippen molar-refractivity contribution in [2.45, 2.75) is 58.8 Å². The third kappa shape index (κ3) is 4.78. The van der Waals surface area contributed by atoms with E-state index in [2.05, 4.69) is 16.1 Å². The summed E-state index contributed by atoms with van der Waals surface area (Å²) in [6, 6.07) is 5.96. The van der Waals surface area contributed by atoms with Crippen molar-refractivity contribution in [1.82, 2.24) is 19.6 Å². The minimum Gasteiger partial charge on any atom is -0.372 e. The summed E-state index contributed by atoms with van der Waals surface area (Å²) < 4.78 is 7.58. The molecule has 2 amide bonds. The van der Waals surface area contributed by atoms with Gasteiger partial charge in [0, 0.05) is 61.2 Å². The first-order chi connectivity index (χ1) is 16.8. The van der Waals surface area contributed by atoms with Crippen molar-refractivity contribution in [3.05, 3.63) is 45.7 Å². The molecule has 35 heavy (non-hydrogen) atoms. The molecule has 188 valence electrons. The summed E-state index contributed by atoms with van der Waals surface area (Å²) in [6.45, 7) is 10.2. The summed E-state index contributed by atoms with van der Waals surface area (Å²) in [5.41, 5.74) is 4.79. The maximum atomic E-state index is 13.4. The number of carbonyl (C=O) groups is 2. The molecule has 0 unspecified atom stereocenters. The molecule has 2 aromatic rings. The molecule has 0 spiro atoms. The molecule has 0 N–H and O–H groups in total. The van der Waals surface area contributed by atoms with Crippen molar-refractivity contribution in [3.63, 3.8) is 0 Å². The molecule has 2 aliphatic heterocycles. The molecule has 5 rings (SSSR count). The van der Waals surface area contributed by atoms with E-state index >= 15 is 0 Å². The molecule has 9 heteroatoms. The number of hydrogen-bond acceptors (Lipinski definition) is 5. The van der Waals surface area contributed by atoms with Gasteiger partial charge >= 0.3 is 0 Å². The molecule has 0 saturated carbocycles. The number of aromatic nitrogens is 2. The standard InChI is InChI=1S/C26H34ClN5O3/c1-17-14-31(15-18(2)35-17)26(34)25-20-6-4-9-23(20)32(28-25)16-24(33)30-12-10-29(11-13-30)22-8-5-7-21(27)19(22)3/h5,7-8,17-18H,4,6,9-16H2,1-3H3/t17-,18+. The molecule has 2 saturated heterocycles. The van der Waals surface area contributed by atoms with Gasteiger partial charge < -0.3 is 19.4 Å². The first-order valence-electron chi connectivity index (χ1n) is 12.6. The second kappa shape index (κ2) is 9.82. The lowest BCUT2D eigenvalue weighted by Gasteiger charge is -2.37. The highest BCUT2D eigenvalue weighted by molar-refractivity contribution is 6.31. The number of piperazine rings is 1. The van der Waals surface area contributed by atoms with Crippen LogP contribution in [-0.2, 0) is 28.9 Å². The van der Waals surface area contributed by atoms with Gasteiger partial charge in [-0.25, -0.2) is 0 Å². The molecule has 1 aromatic heterocycles. The SMILES string of the molecule is Cc1c(Cl)cccc1N1CCN(C(=O)Cn2nc(C(=O)N3C[C@@H](C)O[C@@H](C)C3)c3c2CCC3)CC1. The van der Waals surface area contributed by atoms with Crippen molar-refractivity contribution < 1.29 is 14.3 Å². The van der Waals surface area contributed by atoms with Crippen molar-refractivity contribution >= 4 is 29.1 Å². The van der Waals surface area contributed by atoms with E-state index in [4.69, 9.17) is 16.3 Å². The van der Waals surface area contributed by atoms with Gasteiger partial charge in [-0.15, -0.1) is 0 Å². The number of hydrogen-bond donors (Lipinski definition) is 0. The van der Waals surface area contributed by atoms with Gasteiger partial charge in [-0.1, -0.05) is 17.7 Å². The number of morpholine rings is 1. The fraction of sp³-hybridized carbons (Fsp3) is 0.577. The highest BCUT2D eigenvalue weighted by Gasteiger charge is 2.33. The average molecular weight is 500 g/mol. The molecule has 1 aliphatic carbocycles. The molecule has 0 radical (unpaired) electrons. The van der Waals surface area contributed by atoms with Gasteiger partial charge in [0.25, 0.3) is 5.91 Å². The fourth-order valence-corrected chi connectivity index (χ4v) is 5.84. The number of carbonyl (C=O) groups excluding carboxylic acids is 2. The van der Waals surface area contributed by atoms with Crippen LogP contribution in [0.1, 0.15) is 47.6 Å². The molecule has 2 fully saturated rings. The van der Waals surface area contributed by atoms with Crippen LogP contribution in [0.15, 0.2) is 18.2 Å². The monoisotopic (exact) mass is 499 g/mol. The minimum atomic E-state index is -0.0399. The third-order valence-electron chi connectivity index (χ3n) is 7.41. The molecular weight excluding hydrogens is 466 g/mol. The first kappa shape index (κ1) is 24.1. The van der Waals surface area contributed by atoms with E-state index in [1.54, 1.807) is 4.68 Å². The number of rotatable bonds is 4. The topological polar surface area (TPSA) is 70.9 Å². The molecule has 8 nitrogen and oxygen atoms in total. The Bertz CT molecular complexity index is 1110. The lowest BCUT2D eigenvalue weighted by Crippen LogP contribution is -2.50. The van der Waals surface area contributed by atoms with Crippen LogP contribution < -0.4 is 4.90 Å². The predicted octanol–water partition coefficient (Wildman–Crippen LogP) is 2.93. The lowest BCUT2D eigenvalue weighted by atomic mass is 10.1.